The first-order valence-corrected chi connectivity index (χ1v) is 11.2. The molecule has 0 atom stereocenters. The molecule has 0 aliphatic carbocycles. The van der Waals surface area contributed by atoms with E-state index in [-0.39, 0.29) is 18.0 Å². The minimum atomic E-state index is -3.88. The van der Waals surface area contributed by atoms with E-state index in [1.165, 1.54) is 4.31 Å². The van der Waals surface area contributed by atoms with E-state index in [0.717, 1.165) is 16.7 Å². The lowest BCUT2D eigenvalue weighted by atomic mass is 10.2. The van der Waals surface area contributed by atoms with Gasteiger partial charge >= 0.3 is 0 Å². The Morgan fingerprint density at radius 2 is 1.60 bits per heavy atom. The molecule has 30 heavy (non-hydrogen) atoms. The van der Waals surface area contributed by atoms with Gasteiger partial charge in [0.1, 0.15) is 0 Å². The molecule has 5 nitrogen and oxygen atoms in total. The molecule has 0 aliphatic rings. The second-order valence-electron chi connectivity index (χ2n) is 7.03. The number of hydrogen-bond acceptors (Lipinski definition) is 3. The monoisotopic (exact) mass is 442 g/mol. The van der Waals surface area contributed by atoms with Gasteiger partial charge in [-0.1, -0.05) is 65.7 Å². The third-order valence-corrected chi connectivity index (χ3v) is 6.94. The highest BCUT2D eigenvalue weighted by Crippen LogP contribution is 2.24. The van der Waals surface area contributed by atoms with Crippen LogP contribution < -0.4 is 5.32 Å². The summed E-state index contributed by atoms with van der Waals surface area (Å²) in [7, 11) is -3.88. The van der Waals surface area contributed by atoms with Crippen molar-refractivity contribution in [1.82, 2.24) is 4.31 Å². The number of halogens is 1. The Hall–Kier alpha value is -2.67. The summed E-state index contributed by atoms with van der Waals surface area (Å²) in [5.74, 6) is -0.438. The molecule has 0 spiro atoms. The number of hydrogen-bond donors (Lipinski definition) is 1. The van der Waals surface area contributed by atoms with Crippen LogP contribution in [0.15, 0.2) is 77.7 Å². The number of nitrogens with one attached hydrogen (secondary N) is 1. The molecule has 0 heterocycles. The fourth-order valence-corrected chi connectivity index (χ4v) is 4.52. The Morgan fingerprint density at radius 3 is 2.27 bits per heavy atom. The smallest absolute Gasteiger partial charge is 0.243 e. The molecule has 0 aliphatic heterocycles. The minimum Gasteiger partial charge on any atom is -0.325 e. The van der Waals surface area contributed by atoms with Crippen molar-refractivity contribution in [3.63, 3.8) is 0 Å². The van der Waals surface area contributed by atoms with E-state index >= 15 is 0 Å². The van der Waals surface area contributed by atoms with Gasteiger partial charge in [0.05, 0.1) is 11.4 Å². The average Bonchev–Trinajstić information content (AvgIpc) is 2.72. The van der Waals surface area contributed by atoms with E-state index in [1.807, 2.05) is 37.3 Å². The molecule has 1 amide bonds. The predicted octanol–water partition coefficient (Wildman–Crippen LogP) is 4.79. The van der Waals surface area contributed by atoms with Crippen LogP contribution in [0.1, 0.15) is 16.7 Å². The molecule has 7 heteroatoms. The van der Waals surface area contributed by atoms with Gasteiger partial charge < -0.3 is 5.32 Å². The van der Waals surface area contributed by atoms with Gasteiger partial charge in [0, 0.05) is 17.3 Å². The summed E-state index contributed by atoms with van der Waals surface area (Å²) in [6.07, 6.45) is 0. The molecule has 3 aromatic rings. The largest absolute Gasteiger partial charge is 0.325 e. The molecule has 156 valence electrons. The molecule has 1 N–H and O–H groups in total. The Balaban J connectivity index is 1.88. The maximum Gasteiger partial charge on any atom is 0.243 e. The van der Waals surface area contributed by atoms with Crippen molar-refractivity contribution in [3.8, 4) is 0 Å². The molecular formula is C23H23ClN2O3S. The topological polar surface area (TPSA) is 66.5 Å². The van der Waals surface area contributed by atoms with Gasteiger partial charge in [-0.15, -0.1) is 0 Å². The number of anilines is 1. The number of carbonyl (C=O) groups excluding carboxylic acids is 1. The molecule has 0 aromatic heterocycles. The minimum absolute atomic E-state index is 0.0823. The van der Waals surface area contributed by atoms with Gasteiger partial charge in [0.2, 0.25) is 15.9 Å². The van der Waals surface area contributed by atoms with Crippen LogP contribution in [0.2, 0.25) is 5.02 Å². The van der Waals surface area contributed by atoms with Crippen molar-refractivity contribution >= 4 is 33.2 Å². The lowest BCUT2D eigenvalue weighted by Gasteiger charge is -2.22. The quantitative estimate of drug-likeness (QED) is 0.572. The summed E-state index contributed by atoms with van der Waals surface area (Å²) >= 11 is 6.12. The zero-order valence-corrected chi connectivity index (χ0v) is 18.4. The highest BCUT2D eigenvalue weighted by molar-refractivity contribution is 7.89. The molecule has 0 bridgehead atoms. The van der Waals surface area contributed by atoms with E-state index in [4.69, 9.17) is 11.6 Å². The van der Waals surface area contributed by atoms with Gasteiger partial charge in [-0.25, -0.2) is 8.42 Å². The van der Waals surface area contributed by atoms with Crippen LogP contribution in [-0.2, 0) is 21.4 Å². The van der Waals surface area contributed by atoms with Crippen LogP contribution in [0, 0.1) is 13.8 Å². The van der Waals surface area contributed by atoms with Crippen LogP contribution in [0.5, 0.6) is 0 Å². The fourth-order valence-electron chi connectivity index (χ4n) is 2.97. The maximum absolute atomic E-state index is 13.3. The van der Waals surface area contributed by atoms with Crippen molar-refractivity contribution in [3.05, 3.63) is 94.5 Å². The van der Waals surface area contributed by atoms with Crippen molar-refractivity contribution in [1.29, 1.82) is 0 Å². The van der Waals surface area contributed by atoms with E-state index in [2.05, 4.69) is 5.32 Å². The molecule has 0 unspecified atom stereocenters. The Bertz CT molecular complexity index is 1130. The van der Waals surface area contributed by atoms with Gasteiger partial charge in [-0.3, -0.25) is 4.79 Å². The van der Waals surface area contributed by atoms with E-state index < -0.39 is 15.9 Å². The Labute approximate surface area is 182 Å². The zero-order valence-electron chi connectivity index (χ0n) is 16.8. The average molecular weight is 443 g/mol. The summed E-state index contributed by atoms with van der Waals surface area (Å²) in [4.78, 5) is 12.9. The number of benzene rings is 3. The number of nitrogens with zero attached hydrogens (tertiary/aromatic N) is 1. The third-order valence-electron chi connectivity index (χ3n) is 4.72. The summed E-state index contributed by atoms with van der Waals surface area (Å²) in [6, 6.07) is 21.0. The summed E-state index contributed by atoms with van der Waals surface area (Å²) in [5, 5.41) is 3.30. The van der Waals surface area contributed by atoms with Crippen LogP contribution in [0.25, 0.3) is 0 Å². The number of rotatable bonds is 7. The second-order valence-corrected chi connectivity index (χ2v) is 9.38. The fraction of sp³-hybridized carbons (Fsp3) is 0.174. The number of amides is 1. The first-order chi connectivity index (χ1) is 14.3. The lowest BCUT2D eigenvalue weighted by Crippen LogP contribution is -2.37. The van der Waals surface area contributed by atoms with Gasteiger partial charge in [-0.05, 0) is 49.2 Å². The van der Waals surface area contributed by atoms with Crippen LogP contribution >= 0.6 is 11.6 Å². The standard InChI is InChI=1S/C23H23ClN2O3S/c1-17-11-13-20(14-12-17)30(28,29)26(15-19-7-4-3-5-8-19)16-23(27)25-22-10-6-9-21(24)18(22)2/h3-14H,15-16H2,1-2H3,(H,25,27). The van der Waals surface area contributed by atoms with E-state index in [9.17, 15) is 13.2 Å². The molecule has 0 fully saturated rings. The predicted molar refractivity (Wildman–Crippen MR) is 120 cm³/mol. The first-order valence-electron chi connectivity index (χ1n) is 9.43. The van der Waals surface area contributed by atoms with Crippen molar-refractivity contribution in [2.45, 2.75) is 25.3 Å². The SMILES string of the molecule is Cc1ccc(S(=O)(=O)N(CC(=O)Nc2cccc(Cl)c2C)Cc2ccccc2)cc1. The van der Waals surface area contributed by atoms with E-state index in [1.54, 1.807) is 49.4 Å². The third kappa shape index (κ3) is 5.27. The van der Waals surface area contributed by atoms with Crippen molar-refractivity contribution < 1.29 is 13.2 Å². The Morgan fingerprint density at radius 1 is 0.933 bits per heavy atom. The van der Waals surface area contributed by atoms with Crippen LogP contribution in [0.4, 0.5) is 5.69 Å². The highest BCUT2D eigenvalue weighted by atomic mass is 35.5. The summed E-state index contributed by atoms with van der Waals surface area (Å²) < 4.78 is 27.7. The summed E-state index contributed by atoms with van der Waals surface area (Å²) in [5.41, 5.74) is 3.03. The summed E-state index contributed by atoms with van der Waals surface area (Å²) in [6.45, 7) is 3.44. The lowest BCUT2D eigenvalue weighted by molar-refractivity contribution is -0.116. The van der Waals surface area contributed by atoms with Crippen molar-refractivity contribution in [2.75, 3.05) is 11.9 Å². The molecule has 0 saturated carbocycles. The number of sulfonamides is 1. The molecule has 3 rings (SSSR count). The molecular weight excluding hydrogens is 420 g/mol. The Kier molecular flexibility index (Phi) is 6.92. The molecule has 0 saturated heterocycles. The zero-order chi connectivity index (χ0) is 21.7. The second kappa shape index (κ2) is 9.43. The first kappa shape index (κ1) is 22.0. The van der Waals surface area contributed by atoms with Gasteiger partial charge in [0.25, 0.3) is 0 Å². The number of carbonyl (C=O) groups is 1. The van der Waals surface area contributed by atoms with Gasteiger partial charge in [-0.2, -0.15) is 4.31 Å². The van der Waals surface area contributed by atoms with Crippen molar-refractivity contribution in [2.24, 2.45) is 0 Å². The number of aryl methyl sites for hydroxylation is 1. The van der Waals surface area contributed by atoms with E-state index in [0.29, 0.717) is 10.7 Å². The molecule has 0 radical (unpaired) electrons. The normalized spacial score (nSPS) is 11.5. The van der Waals surface area contributed by atoms with Gasteiger partial charge in [0.15, 0.2) is 0 Å². The maximum atomic E-state index is 13.3. The van der Waals surface area contributed by atoms with Crippen LogP contribution in [-0.4, -0.2) is 25.2 Å². The van der Waals surface area contributed by atoms with Crippen LogP contribution in [0.3, 0.4) is 0 Å². The highest BCUT2D eigenvalue weighted by Gasteiger charge is 2.27. The molecule has 3 aromatic carbocycles.